The minimum atomic E-state index is -1.17. The van der Waals surface area contributed by atoms with Crippen LogP contribution in [0, 0.1) is 5.82 Å². The van der Waals surface area contributed by atoms with E-state index in [0.717, 1.165) is 10.5 Å². The minimum Gasteiger partial charge on any atom is -0.497 e. The lowest BCUT2D eigenvalue weighted by atomic mass is 10.0. The van der Waals surface area contributed by atoms with Gasteiger partial charge in [-0.15, -0.1) is 0 Å². The first kappa shape index (κ1) is 17.9. The predicted octanol–water partition coefficient (Wildman–Crippen LogP) is 2.43. The van der Waals surface area contributed by atoms with Crippen molar-refractivity contribution in [1.29, 1.82) is 0 Å². The molecule has 0 radical (unpaired) electrons. The van der Waals surface area contributed by atoms with E-state index in [0.29, 0.717) is 11.3 Å². The van der Waals surface area contributed by atoms with Gasteiger partial charge < -0.3 is 19.5 Å². The van der Waals surface area contributed by atoms with Crippen LogP contribution in [0.5, 0.6) is 5.75 Å². The molecule has 136 valence electrons. The molecule has 0 bridgehead atoms. The molecule has 6 nitrogen and oxygen atoms in total. The molecule has 0 spiro atoms. The second kappa shape index (κ2) is 7.53. The van der Waals surface area contributed by atoms with Gasteiger partial charge >= 0.3 is 5.97 Å². The van der Waals surface area contributed by atoms with Gasteiger partial charge in [0.15, 0.2) is 6.04 Å². The van der Waals surface area contributed by atoms with E-state index < -0.39 is 23.7 Å². The summed E-state index contributed by atoms with van der Waals surface area (Å²) in [7, 11) is 1.56. The van der Waals surface area contributed by atoms with E-state index >= 15 is 0 Å². The van der Waals surface area contributed by atoms with Crippen LogP contribution in [0.2, 0.25) is 0 Å². The summed E-state index contributed by atoms with van der Waals surface area (Å²) in [6.07, 6.45) is 0. The van der Waals surface area contributed by atoms with Crippen molar-refractivity contribution in [3.8, 4) is 16.9 Å². The molecule has 0 aliphatic carbocycles. The fourth-order valence-electron chi connectivity index (χ4n) is 2.86. The van der Waals surface area contributed by atoms with Crippen LogP contribution in [0.25, 0.3) is 11.1 Å². The zero-order valence-electron chi connectivity index (χ0n) is 14.1. The maximum Gasteiger partial charge on any atom is 0.328 e. The Morgan fingerprint density at radius 3 is 2.50 bits per heavy atom. The Morgan fingerprint density at radius 1 is 1.19 bits per heavy atom. The van der Waals surface area contributed by atoms with Crippen LogP contribution in [0.15, 0.2) is 42.5 Å². The van der Waals surface area contributed by atoms with E-state index in [9.17, 15) is 19.1 Å². The van der Waals surface area contributed by atoms with Crippen molar-refractivity contribution in [2.45, 2.75) is 6.04 Å². The molecule has 3 rings (SSSR count). The average Bonchev–Trinajstić information content (AvgIpc) is 2.67. The fourth-order valence-corrected chi connectivity index (χ4v) is 2.86. The Balaban J connectivity index is 1.86. The SMILES string of the molecule is COc1ccc(-c2ccc(C(=O)N3CCOCC3C(=O)O)c(F)c2)cc1. The standard InChI is InChI=1S/C19H18FNO5/c1-25-14-5-2-12(3-6-14)13-4-7-15(16(20)10-13)18(22)21-8-9-26-11-17(21)19(23)24/h2-7,10,17H,8-9,11H2,1H3,(H,23,24). The minimum absolute atomic E-state index is 0.105. The molecule has 1 saturated heterocycles. The van der Waals surface area contributed by atoms with E-state index in [2.05, 4.69) is 0 Å². The molecule has 1 fully saturated rings. The lowest BCUT2D eigenvalue weighted by Gasteiger charge is -2.33. The van der Waals surface area contributed by atoms with Crippen molar-refractivity contribution in [3.63, 3.8) is 0 Å². The van der Waals surface area contributed by atoms with Crippen LogP contribution < -0.4 is 4.74 Å². The smallest absolute Gasteiger partial charge is 0.328 e. The average molecular weight is 359 g/mol. The molecule has 1 heterocycles. The van der Waals surface area contributed by atoms with Crippen molar-refractivity contribution in [2.75, 3.05) is 26.9 Å². The summed E-state index contributed by atoms with van der Waals surface area (Å²) >= 11 is 0. The molecule has 1 atom stereocenters. The Bertz CT molecular complexity index is 821. The molecular weight excluding hydrogens is 341 g/mol. The molecular formula is C19H18FNO5. The number of rotatable bonds is 4. The van der Waals surface area contributed by atoms with Gasteiger partial charge in [0, 0.05) is 6.54 Å². The number of nitrogens with zero attached hydrogens (tertiary/aromatic N) is 1. The number of carboxylic acids is 1. The van der Waals surface area contributed by atoms with Gasteiger partial charge in [0.2, 0.25) is 0 Å². The largest absolute Gasteiger partial charge is 0.497 e. The van der Waals surface area contributed by atoms with Crippen molar-refractivity contribution in [1.82, 2.24) is 4.90 Å². The predicted molar refractivity (Wildman–Crippen MR) is 91.7 cm³/mol. The Hall–Kier alpha value is -2.93. The van der Waals surface area contributed by atoms with Crippen LogP contribution in [-0.2, 0) is 9.53 Å². The first-order valence-electron chi connectivity index (χ1n) is 8.06. The molecule has 1 N–H and O–H groups in total. The summed E-state index contributed by atoms with van der Waals surface area (Å²) in [5.74, 6) is -1.83. The molecule has 0 saturated carbocycles. The van der Waals surface area contributed by atoms with Gasteiger partial charge in [-0.3, -0.25) is 4.79 Å². The summed E-state index contributed by atoms with van der Waals surface area (Å²) in [6, 6.07) is 10.3. The number of amides is 1. The molecule has 2 aromatic carbocycles. The highest BCUT2D eigenvalue weighted by Crippen LogP contribution is 2.25. The summed E-state index contributed by atoms with van der Waals surface area (Å²) in [6.45, 7) is 0.225. The number of aliphatic carboxylic acids is 1. The Labute approximate surface area is 149 Å². The van der Waals surface area contributed by atoms with Crippen LogP contribution in [0.4, 0.5) is 4.39 Å². The first-order chi connectivity index (χ1) is 12.5. The highest BCUT2D eigenvalue weighted by molar-refractivity contribution is 5.97. The quantitative estimate of drug-likeness (QED) is 0.907. The van der Waals surface area contributed by atoms with Crippen LogP contribution in [0.3, 0.4) is 0 Å². The lowest BCUT2D eigenvalue weighted by Crippen LogP contribution is -2.52. The molecule has 7 heteroatoms. The summed E-state index contributed by atoms with van der Waals surface area (Å²) in [5.41, 5.74) is 1.23. The van der Waals surface area contributed by atoms with Gasteiger partial charge in [0.25, 0.3) is 5.91 Å². The third-order valence-corrected chi connectivity index (χ3v) is 4.30. The second-order valence-corrected chi connectivity index (χ2v) is 5.85. The van der Waals surface area contributed by atoms with Gasteiger partial charge in [0.05, 0.1) is 25.9 Å². The number of carbonyl (C=O) groups excluding carboxylic acids is 1. The summed E-state index contributed by atoms with van der Waals surface area (Å²) < 4.78 is 24.8. The van der Waals surface area contributed by atoms with Crippen LogP contribution in [0.1, 0.15) is 10.4 Å². The molecule has 1 unspecified atom stereocenters. The fraction of sp³-hybridized carbons (Fsp3) is 0.263. The zero-order valence-corrected chi connectivity index (χ0v) is 14.1. The maximum absolute atomic E-state index is 14.6. The normalized spacial score (nSPS) is 17.0. The van der Waals surface area contributed by atoms with Crippen molar-refractivity contribution >= 4 is 11.9 Å². The molecule has 1 aliphatic heterocycles. The van der Waals surface area contributed by atoms with Crippen molar-refractivity contribution in [2.24, 2.45) is 0 Å². The van der Waals surface area contributed by atoms with Gasteiger partial charge in [-0.25, -0.2) is 9.18 Å². The van der Waals surface area contributed by atoms with E-state index in [1.54, 1.807) is 37.4 Å². The number of carbonyl (C=O) groups is 2. The van der Waals surface area contributed by atoms with Gasteiger partial charge in [-0.2, -0.15) is 0 Å². The molecule has 26 heavy (non-hydrogen) atoms. The van der Waals surface area contributed by atoms with Crippen LogP contribution >= 0.6 is 0 Å². The van der Waals surface area contributed by atoms with E-state index in [1.807, 2.05) is 0 Å². The number of methoxy groups -OCH3 is 1. The Morgan fingerprint density at radius 2 is 1.88 bits per heavy atom. The molecule has 2 aromatic rings. The highest BCUT2D eigenvalue weighted by Gasteiger charge is 2.34. The number of morpholine rings is 1. The first-order valence-corrected chi connectivity index (χ1v) is 8.06. The van der Waals surface area contributed by atoms with E-state index in [-0.39, 0.29) is 25.3 Å². The number of hydrogen-bond donors (Lipinski definition) is 1. The Kier molecular flexibility index (Phi) is 5.18. The second-order valence-electron chi connectivity index (χ2n) is 5.85. The number of halogens is 1. The van der Waals surface area contributed by atoms with Crippen LogP contribution in [-0.4, -0.2) is 54.8 Å². The molecule has 1 aliphatic rings. The topological polar surface area (TPSA) is 76.1 Å². The number of benzene rings is 2. The maximum atomic E-state index is 14.6. The highest BCUT2D eigenvalue weighted by atomic mass is 19.1. The van der Waals surface area contributed by atoms with E-state index in [4.69, 9.17) is 9.47 Å². The summed E-state index contributed by atoms with van der Waals surface area (Å²) in [5, 5.41) is 9.23. The van der Waals surface area contributed by atoms with Gasteiger partial charge in [-0.1, -0.05) is 18.2 Å². The number of carboxylic acid groups (broad SMARTS) is 1. The van der Waals surface area contributed by atoms with E-state index in [1.165, 1.54) is 12.1 Å². The van der Waals surface area contributed by atoms with Crippen molar-refractivity contribution < 1.29 is 28.6 Å². The van der Waals surface area contributed by atoms with Crippen molar-refractivity contribution in [3.05, 3.63) is 53.8 Å². The monoisotopic (exact) mass is 359 g/mol. The third kappa shape index (κ3) is 3.52. The third-order valence-electron chi connectivity index (χ3n) is 4.30. The van der Waals surface area contributed by atoms with Gasteiger partial charge in [-0.05, 0) is 35.4 Å². The summed E-state index contributed by atoms with van der Waals surface area (Å²) in [4.78, 5) is 25.1. The zero-order chi connectivity index (χ0) is 18.7. The lowest BCUT2D eigenvalue weighted by molar-refractivity contribution is -0.147. The molecule has 1 amide bonds. The number of ether oxygens (including phenoxy) is 2. The number of hydrogen-bond acceptors (Lipinski definition) is 4. The molecule has 0 aromatic heterocycles. The van der Waals surface area contributed by atoms with Gasteiger partial charge in [0.1, 0.15) is 11.6 Å².